The third kappa shape index (κ3) is 2.28. The predicted octanol–water partition coefficient (Wildman–Crippen LogP) is 3.57. The van der Waals surface area contributed by atoms with Crippen LogP contribution in [0.5, 0.6) is 0 Å². The summed E-state index contributed by atoms with van der Waals surface area (Å²) in [5, 5.41) is 4.11. The van der Waals surface area contributed by atoms with E-state index in [1.54, 1.807) is 18.3 Å². The molecular weight excluding hydrogens is 253 g/mol. The van der Waals surface area contributed by atoms with Crippen molar-refractivity contribution in [3.8, 4) is 0 Å². The first-order chi connectivity index (χ1) is 9.75. The van der Waals surface area contributed by atoms with E-state index in [0.29, 0.717) is 17.8 Å². The fraction of sp³-hybridized carbons (Fsp3) is 0.0625. The largest absolute Gasteiger partial charge is 0.398 e. The quantitative estimate of drug-likeness (QED) is 0.713. The highest BCUT2D eigenvalue weighted by Gasteiger charge is 2.06. The molecule has 1 aromatic heterocycles. The standard InChI is InChI=1S/C16H14FN3/c17-13-6-2-1-4-11(13)10-20-15-8-7-14(18)12-5-3-9-19-16(12)15/h1-9,20H,10,18H2. The topological polar surface area (TPSA) is 50.9 Å². The monoisotopic (exact) mass is 267 g/mol. The molecule has 0 aliphatic carbocycles. The molecule has 1 heterocycles. The molecule has 3 rings (SSSR count). The molecule has 0 aliphatic rings. The number of hydrogen-bond donors (Lipinski definition) is 2. The van der Waals surface area contributed by atoms with Crippen molar-refractivity contribution in [2.45, 2.75) is 6.54 Å². The van der Waals surface area contributed by atoms with Gasteiger partial charge >= 0.3 is 0 Å². The van der Waals surface area contributed by atoms with Gasteiger partial charge in [-0.15, -0.1) is 0 Å². The van der Waals surface area contributed by atoms with Crippen molar-refractivity contribution in [1.29, 1.82) is 0 Å². The number of halogens is 1. The second kappa shape index (κ2) is 5.17. The minimum atomic E-state index is -0.215. The van der Waals surface area contributed by atoms with E-state index >= 15 is 0 Å². The molecule has 100 valence electrons. The number of rotatable bonds is 3. The van der Waals surface area contributed by atoms with Gasteiger partial charge in [0.25, 0.3) is 0 Å². The van der Waals surface area contributed by atoms with E-state index in [2.05, 4.69) is 10.3 Å². The molecule has 0 aliphatic heterocycles. The highest BCUT2D eigenvalue weighted by molar-refractivity contribution is 5.98. The SMILES string of the molecule is Nc1ccc(NCc2ccccc2F)c2ncccc12. The Balaban J connectivity index is 1.92. The number of benzene rings is 2. The van der Waals surface area contributed by atoms with Crippen LogP contribution in [0, 0.1) is 5.82 Å². The van der Waals surface area contributed by atoms with Gasteiger partial charge < -0.3 is 11.1 Å². The summed E-state index contributed by atoms with van der Waals surface area (Å²) in [5.41, 5.74) is 8.87. The number of nitrogen functional groups attached to an aromatic ring is 1. The number of pyridine rings is 1. The maximum Gasteiger partial charge on any atom is 0.128 e. The first-order valence-corrected chi connectivity index (χ1v) is 6.36. The van der Waals surface area contributed by atoms with Crippen molar-refractivity contribution < 1.29 is 4.39 Å². The lowest BCUT2D eigenvalue weighted by Crippen LogP contribution is -2.03. The lowest BCUT2D eigenvalue weighted by atomic mass is 10.1. The van der Waals surface area contributed by atoms with Gasteiger partial charge in [0.15, 0.2) is 0 Å². The average molecular weight is 267 g/mol. The summed E-state index contributed by atoms with van der Waals surface area (Å²) in [6.07, 6.45) is 1.72. The third-order valence-corrected chi connectivity index (χ3v) is 3.23. The second-order valence-electron chi connectivity index (χ2n) is 4.55. The zero-order chi connectivity index (χ0) is 13.9. The number of hydrogen-bond acceptors (Lipinski definition) is 3. The molecule has 0 fully saturated rings. The molecule has 2 aromatic carbocycles. The normalized spacial score (nSPS) is 10.7. The minimum absolute atomic E-state index is 0.215. The Kier molecular flexibility index (Phi) is 3.21. The first-order valence-electron chi connectivity index (χ1n) is 6.36. The molecule has 0 atom stereocenters. The molecule has 4 heteroatoms. The zero-order valence-corrected chi connectivity index (χ0v) is 10.8. The van der Waals surface area contributed by atoms with Crippen LogP contribution in [0.3, 0.4) is 0 Å². The van der Waals surface area contributed by atoms with Gasteiger partial charge in [0.2, 0.25) is 0 Å². The van der Waals surface area contributed by atoms with Gasteiger partial charge in [0.05, 0.1) is 11.2 Å². The van der Waals surface area contributed by atoms with E-state index in [1.165, 1.54) is 6.07 Å². The Morgan fingerprint density at radius 3 is 2.75 bits per heavy atom. The van der Waals surface area contributed by atoms with Crippen LogP contribution in [0.1, 0.15) is 5.56 Å². The van der Waals surface area contributed by atoms with Crippen LogP contribution in [0.25, 0.3) is 10.9 Å². The van der Waals surface area contributed by atoms with E-state index < -0.39 is 0 Å². The predicted molar refractivity (Wildman–Crippen MR) is 79.9 cm³/mol. The molecule has 0 unspecified atom stereocenters. The Labute approximate surface area is 116 Å². The maximum atomic E-state index is 13.6. The molecule has 0 amide bonds. The van der Waals surface area contributed by atoms with E-state index in [4.69, 9.17) is 5.73 Å². The molecule has 0 saturated carbocycles. The minimum Gasteiger partial charge on any atom is -0.398 e. The van der Waals surface area contributed by atoms with Crippen LogP contribution in [0.15, 0.2) is 54.7 Å². The number of nitrogens with one attached hydrogen (secondary N) is 1. The number of fused-ring (bicyclic) bond motifs is 1. The number of nitrogens with two attached hydrogens (primary N) is 1. The molecule has 0 saturated heterocycles. The molecular formula is C16H14FN3. The van der Waals surface area contributed by atoms with Gasteiger partial charge in [0, 0.05) is 29.4 Å². The molecule has 0 bridgehead atoms. The van der Waals surface area contributed by atoms with Crippen molar-refractivity contribution in [2.24, 2.45) is 0 Å². The van der Waals surface area contributed by atoms with Crippen LogP contribution in [-0.2, 0) is 6.54 Å². The number of aromatic nitrogens is 1. The van der Waals surface area contributed by atoms with Gasteiger partial charge in [-0.25, -0.2) is 4.39 Å². The lowest BCUT2D eigenvalue weighted by Gasteiger charge is -2.11. The van der Waals surface area contributed by atoms with Crippen molar-refractivity contribution in [3.05, 3.63) is 66.1 Å². The van der Waals surface area contributed by atoms with Crippen molar-refractivity contribution in [1.82, 2.24) is 4.98 Å². The summed E-state index contributed by atoms with van der Waals surface area (Å²) in [4.78, 5) is 4.34. The Morgan fingerprint density at radius 2 is 1.90 bits per heavy atom. The maximum absolute atomic E-state index is 13.6. The number of anilines is 2. The zero-order valence-electron chi connectivity index (χ0n) is 10.8. The highest BCUT2D eigenvalue weighted by atomic mass is 19.1. The molecule has 3 N–H and O–H groups in total. The summed E-state index contributed by atoms with van der Waals surface area (Å²) in [5.74, 6) is -0.215. The van der Waals surface area contributed by atoms with Gasteiger partial charge in [-0.05, 0) is 30.3 Å². The second-order valence-corrected chi connectivity index (χ2v) is 4.55. The van der Waals surface area contributed by atoms with Crippen molar-refractivity contribution in [3.63, 3.8) is 0 Å². The molecule has 3 nitrogen and oxygen atoms in total. The molecule has 20 heavy (non-hydrogen) atoms. The van der Waals surface area contributed by atoms with Crippen LogP contribution >= 0.6 is 0 Å². The first kappa shape index (κ1) is 12.4. The van der Waals surface area contributed by atoms with Gasteiger partial charge in [0.1, 0.15) is 5.82 Å². The summed E-state index contributed by atoms with van der Waals surface area (Å²) in [7, 11) is 0. The number of nitrogens with zero attached hydrogens (tertiary/aromatic N) is 1. The molecule has 0 spiro atoms. The smallest absolute Gasteiger partial charge is 0.128 e. The average Bonchev–Trinajstić information content (AvgIpc) is 2.48. The molecule has 0 radical (unpaired) electrons. The Morgan fingerprint density at radius 1 is 1.05 bits per heavy atom. The van der Waals surface area contributed by atoms with Crippen LogP contribution in [0.4, 0.5) is 15.8 Å². The fourth-order valence-electron chi connectivity index (χ4n) is 2.17. The lowest BCUT2D eigenvalue weighted by molar-refractivity contribution is 0.613. The van der Waals surface area contributed by atoms with Crippen molar-refractivity contribution in [2.75, 3.05) is 11.1 Å². The Bertz CT molecular complexity index is 756. The van der Waals surface area contributed by atoms with E-state index in [9.17, 15) is 4.39 Å². The van der Waals surface area contributed by atoms with Crippen LogP contribution in [-0.4, -0.2) is 4.98 Å². The molecule has 3 aromatic rings. The third-order valence-electron chi connectivity index (χ3n) is 3.23. The van der Waals surface area contributed by atoms with Gasteiger partial charge in [-0.2, -0.15) is 0 Å². The van der Waals surface area contributed by atoms with Crippen molar-refractivity contribution >= 4 is 22.3 Å². The van der Waals surface area contributed by atoms with Gasteiger partial charge in [-0.3, -0.25) is 4.98 Å². The van der Waals surface area contributed by atoms with Crippen LogP contribution in [0.2, 0.25) is 0 Å². The van der Waals surface area contributed by atoms with E-state index in [-0.39, 0.29) is 5.82 Å². The van der Waals surface area contributed by atoms with E-state index in [0.717, 1.165) is 16.6 Å². The highest BCUT2D eigenvalue weighted by Crippen LogP contribution is 2.26. The summed E-state index contributed by atoms with van der Waals surface area (Å²) < 4.78 is 13.6. The van der Waals surface area contributed by atoms with Crippen LogP contribution < -0.4 is 11.1 Å². The summed E-state index contributed by atoms with van der Waals surface area (Å²) in [6, 6.07) is 14.2. The fourth-order valence-corrected chi connectivity index (χ4v) is 2.17. The van der Waals surface area contributed by atoms with Gasteiger partial charge in [-0.1, -0.05) is 18.2 Å². The van der Waals surface area contributed by atoms with E-state index in [1.807, 2.05) is 30.3 Å². The Hall–Kier alpha value is -2.62. The summed E-state index contributed by atoms with van der Waals surface area (Å²) >= 11 is 0. The summed E-state index contributed by atoms with van der Waals surface area (Å²) in [6.45, 7) is 0.405.